The Morgan fingerprint density at radius 1 is 1.29 bits per heavy atom. The van der Waals surface area contributed by atoms with Gasteiger partial charge in [-0.2, -0.15) is 0 Å². The summed E-state index contributed by atoms with van der Waals surface area (Å²) in [7, 11) is 0. The molecule has 1 aliphatic carbocycles. The van der Waals surface area contributed by atoms with E-state index in [0.717, 1.165) is 12.8 Å². The third-order valence-corrected chi connectivity index (χ3v) is 3.87. The topological polar surface area (TPSA) is 29.1 Å². The van der Waals surface area contributed by atoms with Crippen molar-refractivity contribution in [2.75, 3.05) is 0 Å². The third kappa shape index (κ3) is 2.68. The highest BCUT2D eigenvalue weighted by atomic mass is 16.1. The number of hydrogen-bond acceptors (Lipinski definition) is 1. The summed E-state index contributed by atoms with van der Waals surface area (Å²) in [5, 5.41) is 3.11. The molecule has 1 aliphatic rings. The lowest BCUT2D eigenvalue weighted by atomic mass is 9.84. The zero-order valence-corrected chi connectivity index (χ0v) is 10.9. The van der Waals surface area contributed by atoms with Crippen LogP contribution in [0, 0.1) is 19.8 Å². The molecular weight excluding hydrogens is 210 g/mol. The number of rotatable bonds is 3. The first kappa shape index (κ1) is 12.2. The lowest BCUT2D eigenvalue weighted by Crippen LogP contribution is -2.36. The van der Waals surface area contributed by atoms with Gasteiger partial charge in [-0.25, -0.2) is 0 Å². The molecule has 0 spiro atoms. The Balaban J connectivity index is 2.00. The van der Waals surface area contributed by atoms with Crippen LogP contribution in [-0.2, 0) is 4.79 Å². The van der Waals surface area contributed by atoms with E-state index in [1.807, 2.05) is 0 Å². The van der Waals surface area contributed by atoms with Crippen LogP contribution < -0.4 is 5.32 Å². The first-order valence-corrected chi connectivity index (χ1v) is 6.45. The number of carbonyl (C=O) groups is 1. The Bertz CT molecular complexity index is 421. The Morgan fingerprint density at radius 3 is 2.53 bits per heavy atom. The Labute approximate surface area is 103 Å². The van der Waals surface area contributed by atoms with E-state index < -0.39 is 0 Å². The van der Waals surface area contributed by atoms with E-state index in [-0.39, 0.29) is 17.9 Å². The van der Waals surface area contributed by atoms with Crippen molar-refractivity contribution < 1.29 is 4.79 Å². The van der Waals surface area contributed by atoms with E-state index >= 15 is 0 Å². The maximum Gasteiger partial charge on any atom is 0.223 e. The second-order valence-corrected chi connectivity index (χ2v) is 5.20. The van der Waals surface area contributed by atoms with Crippen molar-refractivity contribution in [2.24, 2.45) is 5.92 Å². The molecule has 0 aliphatic heterocycles. The van der Waals surface area contributed by atoms with Crippen molar-refractivity contribution in [3.8, 4) is 0 Å². The summed E-state index contributed by atoms with van der Waals surface area (Å²) < 4.78 is 0. The molecule has 2 nitrogen and oxygen atoms in total. The Hall–Kier alpha value is -1.31. The van der Waals surface area contributed by atoms with E-state index in [1.54, 1.807) is 0 Å². The van der Waals surface area contributed by atoms with Gasteiger partial charge in [0, 0.05) is 5.92 Å². The first-order valence-electron chi connectivity index (χ1n) is 6.45. The van der Waals surface area contributed by atoms with E-state index in [9.17, 15) is 4.79 Å². The van der Waals surface area contributed by atoms with E-state index in [2.05, 4.69) is 44.3 Å². The lowest BCUT2D eigenvalue weighted by molar-refractivity contribution is -0.128. The van der Waals surface area contributed by atoms with Gasteiger partial charge in [-0.3, -0.25) is 4.79 Å². The lowest BCUT2D eigenvalue weighted by Gasteiger charge is -2.26. The van der Waals surface area contributed by atoms with Crippen LogP contribution in [0.25, 0.3) is 0 Å². The molecule has 1 N–H and O–H groups in total. The predicted octanol–water partition coefficient (Wildman–Crippen LogP) is 3.28. The summed E-state index contributed by atoms with van der Waals surface area (Å²) in [4.78, 5) is 11.8. The SMILES string of the molecule is Cc1ccc([C@@H](C)NC(=O)C2CCC2)cc1C. The summed E-state index contributed by atoms with van der Waals surface area (Å²) >= 11 is 0. The summed E-state index contributed by atoms with van der Waals surface area (Å²) in [5.74, 6) is 0.492. The predicted molar refractivity (Wildman–Crippen MR) is 69.8 cm³/mol. The minimum absolute atomic E-state index is 0.113. The van der Waals surface area contributed by atoms with Crippen LogP contribution in [0.15, 0.2) is 18.2 Å². The van der Waals surface area contributed by atoms with Gasteiger partial charge in [0.1, 0.15) is 0 Å². The van der Waals surface area contributed by atoms with Gasteiger partial charge >= 0.3 is 0 Å². The highest BCUT2D eigenvalue weighted by molar-refractivity contribution is 5.79. The van der Waals surface area contributed by atoms with Crippen LogP contribution >= 0.6 is 0 Å². The van der Waals surface area contributed by atoms with Crippen molar-refractivity contribution in [1.82, 2.24) is 5.32 Å². The molecule has 2 heteroatoms. The smallest absolute Gasteiger partial charge is 0.223 e. The fraction of sp³-hybridized carbons (Fsp3) is 0.533. The minimum atomic E-state index is 0.113. The summed E-state index contributed by atoms with van der Waals surface area (Å²) in [6.07, 6.45) is 3.33. The van der Waals surface area contributed by atoms with E-state index in [0.29, 0.717) is 0 Å². The van der Waals surface area contributed by atoms with Gasteiger partial charge < -0.3 is 5.32 Å². The van der Waals surface area contributed by atoms with Gasteiger partial charge in [0.25, 0.3) is 0 Å². The molecule has 1 fully saturated rings. The molecule has 2 rings (SSSR count). The quantitative estimate of drug-likeness (QED) is 0.849. The average Bonchev–Trinajstić information content (AvgIpc) is 2.19. The molecule has 1 atom stereocenters. The van der Waals surface area contributed by atoms with Crippen LogP contribution in [0.3, 0.4) is 0 Å². The molecule has 0 unspecified atom stereocenters. The molecule has 1 aromatic carbocycles. The fourth-order valence-electron chi connectivity index (χ4n) is 2.12. The van der Waals surface area contributed by atoms with Crippen LogP contribution in [0.1, 0.15) is 48.9 Å². The van der Waals surface area contributed by atoms with Crippen molar-refractivity contribution >= 4 is 5.91 Å². The number of benzene rings is 1. The van der Waals surface area contributed by atoms with Gasteiger partial charge in [0.15, 0.2) is 0 Å². The zero-order chi connectivity index (χ0) is 12.4. The minimum Gasteiger partial charge on any atom is -0.349 e. The summed E-state index contributed by atoms with van der Waals surface area (Å²) in [6.45, 7) is 6.27. The van der Waals surface area contributed by atoms with Crippen LogP contribution in [0.4, 0.5) is 0 Å². The molecule has 92 valence electrons. The normalized spacial score (nSPS) is 17.4. The number of amides is 1. The number of hydrogen-bond donors (Lipinski definition) is 1. The Kier molecular flexibility index (Phi) is 3.51. The molecule has 0 aromatic heterocycles. The standard InChI is InChI=1S/C15H21NO/c1-10-7-8-14(9-11(10)2)12(3)16-15(17)13-5-4-6-13/h7-9,12-13H,4-6H2,1-3H3,(H,16,17)/t12-/m1/s1. The third-order valence-electron chi connectivity index (χ3n) is 3.87. The van der Waals surface area contributed by atoms with Crippen LogP contribution in [0.2, 0.25) is 0 Å². The van der Waals surface area contributed by atoms with Crippen molar-refractivity contribution in [3.63, 3.8) is 0 Å². The zero-order valence-electron chi connectivity index (χ0n) is 10.9. The van der Waals surface area contributed by atoms with Crippen molar-refractivity contribution in [2.45, 2.75) is 46.1 Å². The number of aryl methyl sites for hydroxylation is 2. The molecule has 0 radical (unpaired) electrons. The van der Waals surface area contributed by atoms with Gasteiger partial charge in [0.2, 0.25) is 5.91 Å². The molecule has 1 saturated carbocycles. The first-order chi connectivity index (χ1) is 8.08. The fourth-order valence-corrected chi connectivity index (χ4v) is 2.12. The number of nitrogens with one attached hydrogen (secondary N) is 1. The van der Waals surface area contributed by atoms with Gasteiger partial charge in [-0.15, -0.1) is 0 Å². The van der Waals surface area contributed by atoms with Crippen molar-refractivity contribution in [1.29, 1.82) is 0 Å². The van der Waals surface area contributed by atoms with Gasteiger partial charge in [-0.05, 0) is 50.3 Å². The van der Waals surface area contributed by atoms with Gasteiger partial charge in [-0.1, -0.05) is 24.6 Å². The second-order valence-electron chi connectivity index (χ2n) is 5.20. The van der Waals surface area contributed by atoms with Crippen molar-refractivity contribution in [3.05, 3.63) is 34.9 Å². The second kappa shape index (κ2) is 4.91. The van der Waals surface area contributed by atoms with Crippen LogP contribution in [-0.4, -0.2) is 5.91 Å². The molecule has 1 amide bonds. The highest BCUT2D eigenvalue weighted by Crippen LogP contribution is 2.27. The Morgan fingerprint density at radius 2 is 2.00 bits per heavy atom. The maximum absolute atomic E-state index is 11.8. The van der Waals surface area contributed by atoms with Crippen LogP contribution in [0.5, 0.6) is 0 Å². The molecule has 1 aromatic rings. The monoisotopic (exact) mass is 231 g/mol. The van der Waals surface area contributed by atoms with E-state index in [1.165, 1.54) is 23.1 Å². The molecule has 0 saturated heterocycles. The molecule has 17 heavy (non-hydrogen) atoms. The average molecular weight is 231 g/mol. The highest BCUT2D eigenvalue weighted by Gasteiger charge is 2.26. The number of carbonyl (C=O) groups excluding carboxylic acids is 1. The maximum atomic E-state index is 11.8. The molecule has 0 heterocycles. The molecule has 0 bridgehead atoms. The summed E-state index contributed by atoms with van der Waals surface area (Å²) in [5.41, 5.74) is 3.78. The van der Waals surface area contributed by atoms with Gasteiger partial charge in [0.05, 0.1) is 6.04 Å². The molecular formula is C15H21NO. The summed E-state index contributed by atoms with van der Waals surface area (Å²) in [6, 6.07) is 6.51. The van der Waals surface area contributed by atoms with E-state index in [4.69, 9.17) is 0 Å². The largest absolute Gasteiger partial charge is 0.349 e.